The van der Waals surface area contributed by atoms with Gasteiger partial charge < -0.3 is 4.74 Å². The first-order valence-electron chi connectivity index (χ1n) is 9.45. The third-order valence-corrected chi connectivity index (χ3v) is 4.84. The van der Waals surface area contributed by atoms with Crippen molar-refractivity contribution in [1.82, 2.24) is 0 Å². The Morgan fingerprint density at radius 1 is 0.708 bits per heavy atom. The van der Waals surface area contributed by atoms with Crippen LogP contribution in [0.5, 0.6) is 5.75 Å². The molecule has 2 aromatic rings. The number of aryl methyl sites for hydroxylation is 3. The van der Waals surface area contributed by atoms with Crippen molar-refractivity contribution in [1.29, 1.82) is 0 Å². The molecule has 2 rings (SSSR count). The van der Waals surface area contributed by atoms with Gasteiger partial charge in [-0.15, -0.1) is 0 Å². The van der Waals surface area contributed by atoms with E-state index < -0.39 is 0 Å². The van der Waals surface area contributed by atoms with Crippen LogP contribution in [0, 0.1) is 13.8 Å². The van der Waals surface area contributed by atoms with Crippen molar-refractivity contribution >= 4 is 0 Å². The largest absolute Gasteiger partial charge is 0.493 e. The summed E-state index contributed by atoms with van der Waals surface area (Å²) in [4.78, 5) is 0. The topological polar surface area (TPSA) is 9.23 Å². The molecule has 0 amide bonds. The third-order valence-electron chi connectivity index (χ3n) is 4.84. The summed E-state index contributed by atoms with van der Waals surface area (Å²) < 4.78 is 5.83. The third kappa shape index (κ3) is 5.12. The lowest BCUT2D eigenvalue weighted by atomic mass is 9.96. The summed E-state index contributed by atoms with van der Waals surface area (Å²) in [6.07, 6.45) is 6.99. The van der Waals surface area contributed by atoms with E-state index in [1.807, 2.05) is 0 Å². The first-order chi connectivity index (χ1) is 11.7. The summed E-state index contributed by atoms with van der Waals surface area (Å²) in [5, 5.41) is 0. The maximum Gasteiger partial charge on any atom is 0.122 e. The molecular formula is C23H32O. The zero-order chi connectivity index (χ0) is 17.4. The van der Waals surface area contributed by atoms with Gasteiger partial charge in [-0.2, -0.15) is 0 Å². The van der Waals surface area contributed by atoms with Crippen LogP contribution in [0.25, 0.3) is 0 Å². The van der Waals surface area contributed by atoms with Gasteiger partial charge in [0.2, 0.25) is 0 Å². The van der Waals surface area contributed by atoms with Gasteiger partial charge in [0.1, 0.15) is 5.75 Å². The normalized spacial score (nSPS) is 10.8. The van der Waals surface area contributed by atoms with Crippen molar-refractivity contribution in [3.05, 3.63) is 64.2 Å². The van der Waals surface area contributed by atoms with E-state index in [1.165, 1.54) is 47.1 Å². The van der Waals surface area contributed by atoms with E-state index in [4.69, 9.17) is 4.74 Å². The molecule has 0 heterocycles. The molecule has 0 saturated heterocycles. The Kier molecular flexibility index (Phi) is 7.36. The second-order valence-corrected chi connectivity index (χ2v) is 6.74. The molecule has 0 aromatic heterocycles. The van der Waals surface area contributed by atoms with Crippen LogP contribution in [0.2, 0.25) is 0 Å². The van der Waals surface area contributed by atoms with Crippen LogP contribution >= 0.6 is 0 Å². The fourth-order valence-corrected chi connectivity index (χ4v) is 3.02. The standard InChI is InChI=1S/C23H32O/c1-5-7-8-20-9-11-21(12-10-20)13-14-22-15-16-23(24-17-6-2)19(4)18(22)3/h9-12,15-16H,5-8,13-14,17H2,1-4H3. The van der Waals surface area contributed by atoms with Gasteiger partial charge >= 0.3 is 0 Å². The van der Waals surface area contributed by atoms with Gasteiger partial charge in [-0.05, 0) is 79.8 Å². The number of unbranched alkanes of at least 4 members (excludes halogenated alkanes) is 1. The Morgan fingerprint density at radius 2 is 1.38 bits per heavy atom. The van der Waals surface area contributed by atoms with E-state index in [9.17, 15) is 0 Å². The van der Waals surface area contributed by atoms with Gasteiger partial charge in [0, 0.05) is 0 Å². The molecule has 0 aliphatic rings. The number of ether oxygens (including phenoxy) is 1. The summed E-state index contributed by atoms with van der Waals surface area (Å²) in [7, 11) is 0. The fraction of sp³-hybridized carbons (Fsp3) is 0.478. The highest BCUT2D eigenvalue weighted by molar-refractivity contribution is 5.44. The predicted octanol–water partition coefficient (Wildman–Crippen LogP) is 6.22. The average Bonchev–Trinajstić information content (AvgIpc) is 2.61. The molecule has 0 spiro atoms. The van der Waals surface area contributed by atoms with Crippen molar-refractivity contribution < 1.29 is 4.74 Å². The lowest BCUT2D eigenvalue weighted by Crippen LogP contribution is -2.01. The summed E-state index contributed by atoms with van der Waals surface area (Å²) in [5.41, 5.74) is 6.99. The Hall–Kier alpha value is -1.76. The maximum absolute atomic E-state index is 5.83. The second kappa shape index (κ2) is 9.52. The van der Waals surface area contributed by atoms with Crippen LogP contribution in [-0.2, 0) is 19.3 Å². The molecular weight excluding hydrogens is 292 g/mol. The molecule has 24 heavy (non-hydrogen) atoms. The summed E-state index contributed by atoms with van der Waals surface area (Å²) in [5.74, 6) is 1.04. The molecule has 0 fully saturated rings. The second-order valence-electron chi connectivity index (χ2n) is 6.74. The first kappa shape index (κ1) is 18.6. The van der Waals surface area contributed by atoms with Crippen LogP contribution in [-0.4, -0.2) is 6.61 Å². The maximum atomic E-state index is 5.83. The Labute approximate surface area is 148 Å². The van der Waals surface area contributed by atoms with Crippen LogP contribution in [0.4, 0.5) is 0 Å². The highest BCUT2D eigenvalue weighted by Gasteiger charge is 2.07. The van der Waals surface area contributed by atoms with E-state index in [0.29, 0.717) is 0 Å². The molecule has 0 aliphatic carbocycles. The Bertz CT molecular complexity index is 625. The molecule has 0 radical (unpaired) electrons. The van der Waals surface area contributed by atoms with Gasteiger partial charge in [-0.1, -0.05) is 50.6 Å². The number of rotatable bonds is 9. The van der Waals surface area contributed by atoms with E-state index >= 15 is 0 Å². The molecule has 0 atom stereocenters. The first-order valence-corrected chi connectivity index (χ1v) is 9.45. The molecule has 130 valence electrons. The quantitative estimate of drug-likeness (QED) is 0.532. The van der Waals surface area contributed by atoms with Crippen molar-refractivity contribution in [2.75, 3.05) is 6.61 Å². The van der Waals surface area contributed by atoms with Crippen molar-refractivity contribution in [2.45, 2.75) is 66.2 Å². The van der Waals surface area contributed by atoms with E-state index in [2.05, 4.69) is 64.1 Å². The number of benzene rings is 2. The molecule has 0 saturated carbocycles. The lowest BCUT2D eigenvalue weighted by molar-refractivity contribution is 0.315. The summed E-state index contributed by atoms with van der Waals surface area (Å²) in [6, 6.07) is 13.6. The van der Waals surface area contributed by atoms with Crippen LogP contribution in [0.1, 0.15) is 60.9 Å². The van der Waals surface area contributed by atoms with Gasteiger partial charge in [0.05, 0.1) is 6.61 Å². The minimum atomic E-state index is 0.796. The molecule has 1 nitrogen and oxygen atoms in total. The smallest absolute Gasteiger partial charge is 0.122 e. The minimum absolute atomic E-state index is 0.796. The van der Waals surface area contributed by atoms with Crippen molar-refractivity contribution in [3.8, 4) is 5.75 Å². The molecule has 0 aliphatic heterocycles. The fourth-order valence-electron chi connectivity index (χ4n) is 3.02. The summed E-state index contributed by atoms with van der Waals surface area (Å²) in [6.45, 7) is 9.58. The van der Waals surface area contributed by atoms with Crippen LogP contribution in [0.15, 0.2) is 36.4 Å². The Morgan fingerprint density at radius 3 is 2.00 bits per heavy atom. The molecule has 2 aromatic carbocycles. The molecule has 1 heteroatoms. The van der Waals surface area contributed by atoms with Crippen molar-refractivity contribution in [2.24, 2.45) is 0 Å². The van der Waals surface area contributed by atoms with Crippen molar-refractivity contribution in [3.63, 3.8) is 0 Å². The zero-order valence-corrected chi connectivity index (χ0v) is 15.8. The average molecular weight is 325 g/mol. The predicted molar refractivity (Wildman–Crippen MR) is 104 cm³/mol. The van der Waals surface area contributed by atoms with E-state index in [1.54, 1.807) is 0 Å². The minimum Gasteiger partial charge on any atom is -0.493 e. The number of hydrogen-bond acceptors (Lipinski definition) is 1. The number of hydrogen-bond donors (Lipinski definition) is 0. The highest BCUT2D eigenvalue weighted by atomic mass is 16.5. The van der Waals surface area contributed by atoms with Crippen LogP contribution < -0.4 is 4.74 Å². The van der Waals surface area contributed by atoms with Gasteiger partial charge in [0.15, 0.2) is 0 Å². The molecule has 0 bridgehead atoms. The zero-order valence-electron chi connectivity index (χ0n) is 15.8. The van der Waals surface area contributed by atoms with E-state index in [-0.39, 0.29) is 0 Å². The molecule has 0 N–H and O–H groups in total. The van der Waals surface area contributed by atoms with Gasteiger partial charge in [-0.25, -0.2) is 0 Å². The van der Waals surface area contributed by atoms with Crippen LogP contribution in [0.3, 0.4) is 0 Å². The van der Waals surface area contributed by atoms with Gasteiger partial charge in [-0.3, -0.25) is 0 Å². The lowest BCUT2D eigenvalue weighted by Gasteiger charge is -2.14. The SMILES string of the molecule is CCCCc1ccc(CCc2ccc(OCCC)c(C)c2C)cc1. The van der Waals surface area contributed by atoms with E-state index in [0.717, 1.165) is 31.6 Å². The Balaban J connectivity index is 1.97. The highest BCUT2D eigenvalue weighted by Crippen LogP contribution is 2.25. The summed E-state index contributed by atoms with van der Waals surface area (Å²) >= 11 is 0. The monoisotopic (exact) mass is 324 g/mol. The molecule has 0 unspecified atom stereocenters. The van der Waals surface area contributed by atoms with Gasteiger partial charge in [0.25, 0.3) is 0 Å².